The van der Waals surface area contributed by atoms with E-state index in [4.69, 9.17) is 9.47 Å². The van der Waals surface area contributed by atoms with Crippen LogP contribution in [0.25, 0.3) is 0 Å². The summed E-state index contributed by atoms with van der Waals surface area (Å²) in [4.78, 5) is 31.4. The molecule has 2 aliphatic rings. The predicted octanol–water partition coefficient (Wildman–Crippen LogP) is 9.51. The Hall–Kier alpha value is -3.88. The van der Waals surface area contributed by atoms with Crippen LogP contribution in [-0.2, 0) is 17.3 Å². The maximum Gasteiger partial charge on any atom is 0.416 e. The van der Waals surface area contributed by atoms with Gasteiger partial charge in [0.1, 0.15) is 6.10 Å². The van der Waals surface area contributed by atoms with E-state index in [0.717, 1.165) is 49.9 Å². The van der Waals surface area contributed by atoms with E-state index in [1.54, 1.807) is 18.3 Å². The van der Waals surface area contributed by atoms with E-state index in [2.05, 4.69) is 22.0 Å². The van der Waals surface area contributed by atoms with Gasteiger partial charge in [-0.05, 0) is 86.1 Å². The van der Waals surface area contributed by atoms with Crippen molar-refractivity contribution in [1.82, 2.24) is 4.98 Å². The van der Waals surface area contributed by atoms with Crippen LogP contribution in [0, 0.1) is 11.8 Å². The molecule has 258 valence electrons. The second kappa shape index (κ2) is 17.0. The van der Waals surface area contributed by atoms with Crippen LogP contribution >= 0.6 is 0 Å². The number of carbonyl (C=O) groups excluding carboxylic acids is 2. The molecule has 1 aliphatic carbocycles. The minimum atomic E-state index is -4.34. The fourth-order valence-corrected chi connectivity index (χ4v) is 7.02. The van der Waals surface area contributed by atoms with Gasteiger partial charge < -0.3 is 14.4 Å². The number of ether oxygens (including phenoxy) is 2. The van der Waals surface area contributed by atoms with Crippen LogP contribution in [0.15, 0.2) is 66.9 Å². The highest BCUT2D eigenvalue weighted by atomic mass is 19.4. The Morgan fingerprint density at radius 1 is 0.833 bits per heavy atom. The number of carbonyl (C=O) groups is 2. The Morgan fingerprint density at radius 3 is 2.15 bits per heavy atom. The van der Waals surface area contributed by atoms with E-state index in [0.29, 0.717) is 55.0 Å². The van der Waals surface area contributed by atoms with E-state index < -0.39 is 11.7 Å². The molecule has 0 spiro atoms. The second-order valence-electron chi connectivity index (χ2n) is 13.3. The number of esters is 1. The summed E-state index contributed by atoms with van der Waals surface area (Å²) in [6.45, 7) is 3.55. The van der Waals surface area contributed by atoms with Crippen LogP contribution < -0.4 is 9.64 Å². The first-order valence-corrected chi connectivity index (χ1v) is 17.5. The summed E-state index contributed by atoms with van der Waals surface area (Å²) < 4.78 is 49.8. The lowest BCUT2D eigenvalue weighted by atomic mass is 9.81. The Labute approximate surface area is 282 Å². The first-order chi connectivity index (χ1) is 23.2. The van der Waals surface area contributed by atoms with Gasteiger partial charge in [-0.1, -0.05) is 50.7 Å². The third kappa shape index (κ3) is 10.3. The van der Waals surface area contributed by atoms with Crippen molar-refractivity contribution in [3.05, 3.63) is 89.1 Å². The molecule has 9 heteroatoms. The van der Waals surface area contributed by atoms with E-state index in [1.165, 1.54) is 56.2 Å². The van der Waals surface area contributed by atoms with E-state index in [1.807, 2.05) is 19.1 Å². The number of rotatable bonds is 12. The van der Waals surface area contributed by atoms with Crippen molar-refractivity contribution in [2.24, 2.45) is 11.8 Å². The van der Waals surface area contributed by atoms with Crippen LogP contribution in [-0.4, -0.2) is 42.5 Å². The van der Waals surface area contributed by atoms with Gasteiger partial charge in [0.25, 0.3) is 0 Å². The fourth-order valence-electron chi connectivity index (χ4n) is 7.02. The van der Waals surface area contributed by atoms with Gasteiger partial charge in [0.05, 0.1) is 17.7 Å². The topological polar surface area (TPSA) is 68.7 Å². The van der Waals surface area contributed by atoms with Crippen molar-refractivity contribution >= 4 is 17.4 Å². The van der Waals surface area contributed by atoms with E-state index in [9.17, 15) is 22.8 Å². The van der Waals surface area contributed by atoms with Crippen molar-refractivity contribution in [2.75, 3.05) is 24.6 Å². The molecule has 2 atom stereocenters. The average molecular weight is 665 g/mol. The quantitative estimate of drug-likeness (QED) is 0.142. The van der Waals surface area contributed by atoms with Crippen molar-refractivity contribution in [2.45, 2.75) is 96.3 Å². The molecule has 2 heterocycles. The van der Waals surface area contributed by atoms with Gasteiger partial charge in [0.15, 0.2) is 5.78 Å². The zero-order valence-corrected chi connectivity index (χ0v) is 27.9. The molecule has 5 rings (SSSR count). The van der Waals surface area contributed by atoms with Crippen molar-refractivity contribution in [3.63, 3.8) is 0 Å². The Balaban J connectivity index is 1.00. The number of Topliss-reactive ketones (excluding diaryl/α,β-unsaturated/α-hetero) is 1. The van der Waals surface area contributed by atoms with Gasteiger partial charge >= 0.3 is 12.1 Å². The number of pyridine rings is 1. The molecule has 0 radical (unpaired) electrons. The number of halogens is 3. The van der Waals surface area contributed by atoms with Crippen molar-refractivity contribution in [1.29, 1.82) is 0 Å². The summed E-state index contributed by atoms with van der Waals surface area (Å²) in [6, 6.07) is 16.7. The summed E-state index contributed by atoms with van der Waals surface area (Å²) in [5.74, 6) is 1.60. The molecule has 1 saturated heterocycles. The normalized spacial score (nSPS) is 19.3. The van der Waals surface area contributed by atoms with Gasteiger partial charge in [-0.25, -0.2) is 9.78 Å². The van der Waals surface area contributed by atoms with Gasteiger partial charge in [-0.2, -0.15) is 13.2 Å². The second-order valence-corrected chi connectivity index (χ2v) is 13.3. The molecule has 0 N–H and O–H groups in total. The monoisotopic (exact) mass is 664 g/mol. The van der Waals surface area contributed by atoms with Crippen LogP contribution in [0.4, 0.5) is 18.9 Å². The number of piperidine rings is 1. The minimum absolute atomic E-state index is 0.0370. The van der Waals surface area contributed by atoms with Gasteiger partial charge in [-0.3, -0.25) is 4.79 Å². The molecule has 3 aromatic rings. The largest absolute Gasteiger partial charge is 0.474 e. The lowest BCUT2D eigenvalue weighted by Gasteiger charge is -2.33. The molecule has 2 aromatic carbocycles. The van der Waals surface area contributed by atoms with Gasteiger partial charge in [0.2, 0.25) is 5.88 Å². The Kier molecular flexibility index (Phi) is 12.5. The third-order valence-corrected chi connectivity index (χ3v) is 9.81. The zero-order chi connectivity index (χ0) is 33.9. The maximum atomic E-state index is 12.9. The number of hydrogen-bond donors (Lipinski definition) is 0. The summed E-state index contributed by atoms with van der Waals surface area (Å²) >= 11 is 0. The minimum Gasteiger partial charge on any atom is -0.474 e. The molecule has 48 heavy (non-hydrogen) atoms. The van der Waals surface area contributed by atoms with E-state index in [-0.39, 0.29) is 17.9 Å². The molecule has 2 unspecified atom stereocenters. The molecule has 1 aliphatic heterocycles. The number of nitrogens with zero attached hydrogens (tertiary/aromatic N) is 2. The molecule has 2 fully saturated rings. The molecule has 0 bridgehead atoms. The zero-order valence-electron chi connectivity index (χ0n) is 27.9. The van der Waals surface area contributed by atoms with Crippen LogP contribution in [0.5, 0.6) is 5.88 Å². The lowest BCUT2D eigenvalue weighted by Crippen LogP contribution is -2.38. The lowest BCUT2D eigenvalue weighted by molar-refractivity contribution is -0.137. The smallest absolute Gasteiger partial charge is 0.416 e. The number of hydrogen-bond acceptors (Lipinski definition) is 6. The number of alkyl halides is 3. The number of aromatic nitrogens is 1. The molecule has 0 amide bonds. The molecule has 1 aromatic heterocycles. The fraction of sp³-hybridized carbons (Fsp3) is 0.513. The SMILES string of the molecule is CCOC(=O)c1ccc(CC2CCCCC(CCCC(=O)c3ccc(OC4CCN(c5ccc(C(F)(F)F)cc5)CC4)nc3)CC2)cc1. The first kappa shape index (κ1) is 35.4. The standard InChI is InChI=1S/C39H47F3N2O4/c1-2-47-38(46)31-14-12-30(13-15-31)26-29-7-4-3-6-28(10-11-29)8-5-9-36(45)32-16-21-37(43-27-32)48-35-22-24-44(25-23-35)34-19-17-33(18-20-34)39(40,41)42/h12-21,27-29,35H,2-11,22-26H2,1H3. The van der Waals surface area contributed by atoms with Crippen molar-refractivity contribution < 1.29 is 32.2 Å². The number of benzene rings is 2. The summed E-state index contributed by atoms with van der Waals surface area (Å²) in [7, 11) is 0. The maximum absolute atomic E-state index is 12.9. The summed E-state index contributed by atoms with van der Waals surface area (Å²) in [5, 5.41) is 0. The van der Waals surface area contributed by atoms with Gasteiger partial charge in [-0.15, -0.1) is 0 Å². The highest BCUT2D eigenvalue weighted by molar-refractivity contribution is 5.95. The van der Waals surface area contributed by atoms with Gasteiger partial charge in [0, 0.05) is 55.9 Å². The first-order valence-electron chi connectivity index (χ1n) is 17.5. The van der Waals surface area contributed by atoms with Crippen LogP contribution in [0.2, 0.25) is 0 Å². The average Bonchev–Trinajstić information content (AvgIpc) is 3.08. The van der Waals surface area contributed by atoms with Crippen LogP contribution in [0.1, 0.15) is 109 Å². The third-order valence-electron chi connectivity index (χ3n) is 9.81. The Morgan fingerprint density at radius 2 is 1.50 bits per heavy atom. The number of anilines is 1. The summed E-state index contributed by atoms with van der Waals surface area (Å²) in [5.41, 5.74) is 2.60. The van der Waals surface area contributed by atoms with E-state index >= 15 is 0 Å². The molecule has 6 nitrogen and oxygen atoms in total. The van der Waals surface area contributed by atoms with Crippen LogP contribution in [0.3, 0.4) is 0 Å². The molecular weight excluding hydrogens is 617 g/mol. The predicted molar refractivity (Wildman–Crippen MR) is 181 cm³/mol. The molecule has 1 saturated carbocycles. The Bertz CT molecular complexity index is 1450. The van der Waals surface area contributed by atoms with Crippen molar-refractivity contribution in [3.8, 4) is 5.88 Å². The highest BCUT2D eigenvalue weighted by Crippen LogP contribution is 2.33. The summed E-state index contributed by atoms with van der Waals surface area (Å²) in [6.07, 6.45) is 9.49. The highest BCUT2D eigenvalue weighted by Gasteiger charge is 2.30. The number of ketones is 1. The molecular formula is C39H47F3N2O4.